The number of carbonyl (C=O) groups is 1. The first-order valence-electron chi connectivity index (χ1n) is 5.23. The Labute approximate surface area is 114 Å². The van der Waals surface area contributed by atoms with Crippen LogP contribution in [0.15, 0.2) is 22.7 Å². The van der Waals surface area contributed by atoms with E-state index < -0.39 is 0 Å². The SMILES string of the molecule is COc1ccc(C(=O)NCC(C)SC)cc1Br. The fourth-order valence-corrected chi connectivity index (χ4v) is 2.02. The van der Waals surface area contributed by atoms with Crippen molar-refractivity contribution in [2.75, 3.05) is 19.9 Å². The molecule has 1 aromatic rings. The molecule has 1 N–H and O–H groups in total. The summed E-state index contributed by atoms with van der Waals surface area (Å²) in [4.78, 5) is 11.8. The van der Waals surface area contributed by atoms with Crippen LogP contribution in [0.2, 0.25) is 0 Å². The van der Waals surface area contributed by atoms with Crippen molar-refractivity contribution in [1.82, 2.24) is 5.32 Å². The lowest BCUT2D eigenvalue weighted by Gasteiger charge is -2.10. The van der Waals surface area contributed by atoms with Gasteiger partial charge >= 0.3 is 0 Å². The molecule has 0 aliphatic heterocycles. The molecule has 17 heavy (non-hydrogen) atoms. The van der Waals surface area contributed by atoms with E-state index in [2.05, 4.69) is 28.2 Å². The molecule has 0 aliphatic rings. The van der Waals surface area contributed by atoms with E-state index in [1.165, 1.54) is 0 Å². The van der Waals surface area contributed by atoms with Gasteiger partial charge in [-0.3, -0.25) is 4.79 Å². The lowest BCUT2D eigenvalue weighted by Crippen LogP contribution is -2.29. The van der Waals surface area contributed by atoms with Crippen LogP contribution in [0.3, 0.4) is 0 Å². The molecular weight excluding hydrogens is 302 g/mol. The van der Waals surface area contributed by atoms with E-state index in [1.54, 1.807) is 37.1 Å². The summed E-state index contributed by atoms with van der Waals surface area (Å²) in [6, 6.07) is 5.29. The first-order chi connectivity index (χ1) is 8.08. The maximum absolute atomic E-state index is 11.8. The zero-order valence-electron chi connectivity index (χ0n) is 10.1. The van der Waals surface area contributed by atoms with Crippen molar-refractivity contribution in [2.24, 2.45) is 0 Å². The predicted molar refractivity (Wildman–Crippen MR) is 76.0 cm³/mol. The van der Waals surface area contributed by atoms with Gasteiger partial charge < -0.3 is 10.1 Å². The summed E-state index contributed by atoms with van der Waals surface area (Å²) in [6.07, 6.45) is 2.03. The van der Waals surface area contributed by atoms with Gasteiger partial charge in [0.15, 0.2) is 0 Å². The fourth-order valence-electron chi connectivity index (χ4n) is 1.23. The van der Waals surface area contributed by atoms with Crippen molar-refractivity contribution in [1.29, 1.82) is 0 Å². The number of nitrogens with one attached hydrogen (secondary N) is 1. The van der Waals surface area contributed by atoms with E-state index in [-0.39, 0.29) is 5.91 Å². The van der Waals surface area contributed by atoms with Gasteiger partial charge in [-0.2, -0.15) is 11.8 Å². The van der Waals surface area contributed by atoms with Crippen LogP contribution < -0.4 is 10.1 Å². The molecule has 1 rings (SSSR count). The maximum Gasteiger partial charge on any atom is 0.251 e. The largest absolute Gasteiger partial charge is 0.496 e. The van der Waals surface area contributed by atoms with Crippen LogP contribution in [-0.2, 0) is 0 Å². The van der Waals surface area contributed by atoms with Gasteiger partial charge in [0.25, 0.3) is 5.91 Å². The van der Waals surface area contributed by atoms with E-state index in [0.29, 0.717) is 17.4 Å². The molecule has 0 saturated carbocycles. The first kappa shape index (κ1) is 14.4. The van der Waals surface area contributed by atoms with E-state index in [9.17, 15) is 4.79 Å². The summed E-state index contributed by atoms with van der Waals surface area (Å²) >= 11 is 5.09. The quantitative estimate of drug-likeness (QED) is 0.907. The molecule has 3 nitrogen and oxygen atoms in total. The van der Waals surface area contributed by atoms with Gasteiger partial charge in [0.05, 0.1) is 11.6 Å². The van der Waals surface area contributed by atoms with Crippen LogP contribution in [0.25, 0.3) is 0 Å². The van der Waals surface area contributed by atoms with Crippen molar-refractivity contribution in [2.45, 2.75) is 12.2 Å². The highest BCUT2D eigenvalue weighted by Crippen LogP contribution is 2.25. The Bertz CT molecular complexity index is 398. The lowest BCUT2D eigenvalue weighted by molar-refractivity contribution is 0.0954. The summed E-state index contributed by atoms with van der Waals surface area (Å²) in [5.41, 5.74) is 0.631. The molecule has 94 valence electrons. The maximum atomic E-state index is 11.8. The summed E-state index contributed by atoms with van der Waals surface area (Å²) < 4.78 is 5.90. The number of thioether (sulfide) groups is 1. The van der Waals surface area contributed by atoms with Crippen molar-refractivity contribution in [3.63, 3.8) is 0 Å². The van der Waals surface area contributed by atoms with Gasteiger partial charge in [-0.25, -0.2) is 0 Å². The third-order valence-electron chi connectivity index (χ3n) is 2.37. The third kappa shape index (κ3) is 4.24. The molecule has 1 aromatic carbocycles. The number of carbonyl (C=O) groups excluding carboxylic acids is 1. The van der Waals surface area contributed by atoms with Gasteiger partial charge in [-0.1, -0.05) is 6.92 Å². The minimum Gasteiger partial charge on any atom is -0.496 e. The molecule has 0 aliphatic carbocycles. The van der Waals surface area contributed by atoms with Crippen LogP contribution in [0.4, 0.5) is 0 Å². The minimum absolute atomic E-state index is 0.0609. The lowest BCUT2D eigenvalue weighted by atomic mass is 10.2. The van der Waals surface area contributed by atoms with Crippen LogP contribution in [0.5, 0.6) is 5.75 Å². The second-order valence-electron chi connectivity index (χ2n) is 3.61. The monoisotopic (exact) mass is 317 g/mol. The summed E-state index contributed by atoms with van der Waals surface area (Å²) in [7, 11) is 1.60. The number of rotatable bonds is 5. The van der Waals surface area contributed by atoms with Gasteiger partial charge in [0, 0.05) is 17.4 Å². The van der Waals surface area contributed by atoms with E-state index >= 15 is 0 Å². The van der Waals surface area contributed by atoms with Crippen LogP contribution in [0, 0.1) is 0 Å². The molecule has 1 unspecified atom stereocenters. The molecule has 5 heteroatoms. The Balaban J connectivity index is 2.66. The van der Waals surface area contributed by atoms with Crippen LogP contribution >= 0.6 is 27.7 Å². The average Bonchev–Trinajstić information content (AvgIpc) is 2.35. The topological polar surface area (TPSA) is 38.3 Å². The number of hydrogen-bond donors (Lipinski definition) is 1. The number of hydrogen-bond acceptors (Lipinski definition) is 3. The van der Waals surface area contributed by atoms with Gasteiger partial charge in [0.1, 0.15) is 5.75 Å². The zero-order chi connectivity index (χ0) is 12.8. The van der Waals surface area contributed by atoms with E-state index in [0.717, 1.165) is 10.2 Å². The molecule has 0 heterocycles. The summed E-state index contributed by atoms with van der Waals surface area (Å²) in [6.45, 7) is 2.75. The van der Waals surface area contributed by atoms with Crippen LogP contribution in [0.1, 0.15) is 17.3 Å². The Hall–Kier alpha value is -0.680. The van der Waals surface area contributed by atoms with Crippen molar-refractivity contribution < 1.29 is 9.53 Å². The average molecular weight is 318 g/mol. The van der Waals surface area contributed by atoms with E-state index in [4.69, 9.17) is 4.74 Å². The second kappa shape index (κ2) is 6.91. The Kier molecular flexibility index (Phi) is 5.85. The standard InChI is InChI=1S/C12H16BrNO2S/c1-8(17-3)7-14-12(15)9-4-5-11(16-2)10(13)6-9/h4-6,8H,7H2,1-3H3,(H,14,15). The number of halogens is 1. The number of amides is 1. The van der Waals surface area contributed by atoms with Gasteiger partial charge in [-0.05, 0) is 40.4 Å². The Morgan fingerprint density at radius 3 is 2.82 bits per heavy atom. The number of ether oxygens (including phenoxy) is 1. The third-order valence-corrected chi connectivity index (χ3v) is 3.96. The molecule has 0 bridgehead atoms. The number of benzene rings is 1. The zero-order valence-corrected chi connectivity index (χ0v) is 12.5. The number of methoxy groups -OCH3 is 1. The summed E-state index contributed by atoms with van der Waals surface area (Å²) in [5.74, 6) is 0.660. The first-order valence-corrected chi connectivity index (χ1v) is 7.31. The molecular formula is C12H16BrNO2S. The highest BCUT2D eigenvalue weighted by molar-refractivity contribution is 9.10. The highest BCUT2D eigenvalue weighted by Gasteiger charge is 2.09. The van der Waals surface area contributed by atoms with Gasteiger partial charge in [0.2, 0.25) is 0 Å². The van der Waals surface area contributed by atoms with Crippen LogP contribution in [-0.4, -0.2) is 31.1 Å². The van der Waals surface area contributed by atoms with E-state index in [1.807, 2.05) is 6.26 Å². The van der Waals surface area contributed by atoms with Crippen molar-refractivity contribution in [3.05, 3.63) is 28.2 Å². The Morgan fingerprint density at radius 1 is 1.59 bits per heavy atom. The van der Waals surface area contributed by atoms with Crippen molar-refractivity contribution in [3.8, 4) is 5.75 Å². The fraction of sp³-hybridized carbons (Fsp3) is 0.417. The smallest absolute Gasteiger partial charge is 0.251 e. The van der Waals surface area contributed by atoms with Crippen molar-refractivity contribution >= 4 is 33.6 Å². The molecule has 0 spiro atoms. The Morgan fingerprint density at radius 2 is 2.29 bits per heavy atom. The normalized spacial score (nSPS) is 12.0. The molecule has 0 radical (unpaired) electrons. The minimum atomic E-state index is -0.0609. The second-order valence-corrected chi connectivity index (χ2v) is 5.74. The summed E-state index contributed by atoms with van der Waals surface area (Å²) in [5, 5.41) is 3.31. The molecule has 0 fully saturated rings. The molecule has 0 aromatic heterocycles. The molecule has 1 atom stereocenters. The van der Waals surface area contributed by atoms with Gasteiger partial charge in [-0.15, -0.1) is 0 Å². The predicted octanol–water partition coefficient (Wildman–Crippen LogP) is 2.94. The molecule has 1 amide bonds. The molecule has 0 saturated heterocycles. The highest BCUT2D eigenvalue weighted by atomic mass is 79.9.